The van der Waals surface area contributed by atoms with Crippen LogP contribution >= 0.6 is 0 Å². The summed E-state index contributed by atoms with van der Waals surface area (Å²) in [6.07, 6.45) is 2.63. The maximum Gasteiger partial charge on any atom is 0.251 e. The Hall–Kier alpha value is -3.08. The smallest absolute Gasteiger partial charge is 0.251 e. The van der Waals surface area contributed by atoms with Crippen LogP contribution in [0.5, 0.6) is 5.75 Å². The first-order chi connectivity index (χ1) is 13.5. The van der Waals surface area contributed by atoms with Gasteiger partial charge in [-0.05, 0) is 62.1 Å². The number of carbonyl (C=O) groups is 1. The molecule has 28 heavy (non-hydrogen) atoms. The molecule has 0 aliphatic rings. The van der Waals surface area contributed by atoms with E-state index in [0.29, 0.717) is 18.7 Å². The van der Waals surface area contributed by atoms with Gasteiger partial charge in [-0.25, -0.2) is 0 Å². The van der Waals surface area contributed by atoms with Gasteiger partial charge in [0.25, 0.3) is 5.91 Å². The molecule has 0 aliphatic heterocycles. The Kier molecular flexibility index (Phi) is 6.48. The van der Waals surface area contributed by atoms with Crippen LogP contribution in [0.4, 0.5) is 0 Å². The molecule has 1 amide bonds. The Morgan fingerprint density at radius 3 is 2.39 bits per heavy atom. The molecule has 0 atom stereocenters. The van der Waals surface area contributed by atoms with Crippen molar-refractivity contribution in [3.8, 4) is 5.75 Å². The summed E-state index contributed by atoms with van der Waals surface area (Å²) in [4.78, 5) is 12.3. The molecule has 1 aromatic heterocycles. The van der Waals surface area contributed by atoms with Crippen LogP contribution < -0.4 is 10.1 Å². The number of amides is 1. The van der Waals surface area contributed by atoms with Gasteiger partial charge >= 0.3 is 0 Å². The van der Waals surface area contributed by atoms with E-state index in [9.17, 15) is 4.79 Å². The number of ether oxygens (including phenoxy) is 1. The SMILES string of the molecule is Cc1cccc(C)c1OCc1ccc(C(=O)NCCCn2nccc2C)cc1. The van der Waals surface area contributed by atoms with Crippen LogP contribution in [0, 0.1) is 20.8 Å². The minimum absolute atomic E-state index is 0.0561. The molecule has 0 radical (unpaired) electrons. The second-order valence-corrected chi connectivity index (χ2v) is 7.01. The third-order valence-corrected chi connectivity index (χ3v) is 4.77. The maximum absolute atomic E-state index is 12.3. The van der Waals surface area contributed by atoms with Crippen molar-refractivity contribution in [2.45, 2.75) is 40.3 Å². The van der Waals surface area contributed by atoms with Gasteiger partial charge in [0.15, 0.2) is 0 Å². The average molecular weight is 377 g/mol. The quantitative estimate of drug-likeness (QED) is 0.599. The normalized spacial score (nSPS) is 10.7. The molecule has 5 heteroatoms. The summed E-state index contributed by atoms with van der Waals surface area (Å²) in [5.74, 6) is 0.871. The number of benzene rings is 2. The number of hydrogen-bond donors (Lipinski definition) is 1. The zero-order valence-electron chi connectivity index (χ0n) is 16.7. The summed E-state index contributed by atoms with van der Waals surface area (Å²) in [6, 6.07) is 15.7. The summed E-state index contributed by atoms with van der Waals surface area (Å²) >= 11 is 0. The second kappa shape index (κ2) is 9.22. The Morgan fingerprint density at radius 2 is 1.75 bits per heavy atom. The molecule has 1 N–H and O–H groups in total. The molecular formula is C23H27N3O2. The predicted octanol–water partition coefficient (Wildman–Crippen LogP) is 4.21. The van der Waals surface area contributed by atoms with E-state index < -0.39 is 0 Å². The molecule has 5 nitrogen and oxygen atoms in total. The molecule has 2 aromatic carbocycles. The van der Waals surface area contributed by atoms with Crippen molar-refractivity contribution in [3.05, 3.63) is 82.7 Å². The lowest BCUT2D eigenvalue weighted by Gasteiger charge is -2.12. The van der Waals surface area contributed by atoms with Crippen molar-refractivity contribution in [2.24, 2.45) is 0 Å². The van der Waals surface area contributed by atoms with Crippen molar-refractivity contribution >= 4 is 5.91 Å². The lowest BCUT2D eigenvalue weighted by molar-refractivity contribution is 0.0952. The molecule has 0 saturated carbocycles. The molecule has 3 rings (SSSR count). The summed E-state index contributed by atoms with van der Waals surface area (Å²) < 4.78 is 7.91. The van der Waals surface area contributed by atoms with Crippen molar-refractivity contribution < 1.29 is 9.53 Å². The number of hydrogen-bond acceptors (Lipinski definition) is 3. The molecule has 0 spiro atoms. The van der Waals surface area contributed by atoms with E-state index in [4.69, 9.17) is 4.74 Å². The van der Waals surface area contributed by atoms with Gasteiger partial charge in [-0.1, -0.05) is 30.3 Å². The highest BCUT2D eigenvalue weighted by Gasteiger charge is 2.07. The van der Waals surface area contributed by atoms with Crippen molar-refractivity contribution in [1.82, 2.24) is 15.1 Å². The molecule has 0 unspecified atom stereocenters. The van der Waals surface area contributed by atoms with Crippen LogP contribution in [-0.2, 0) is 13.2 Å². The van der Waals surface area contributed by atoms with Crippen LogP contribution in [0.15, 0.2) is 54.7 Å². The number of aryl methyl sites for hydroxylation is 4. The summed E-state index contributed by atoms with van der Waals surface area (Å²) in [6.45, 7) is 8.02. The van der Waals surface area contributed by atoms with E-state index in [1.54, 1.807) is 6.20 Å². The van der Waals surface area contributed by atoms with Gasteiger partial charge < -0.3 is 10.1 Å². The van der Waals surface area contributed by atoms with E-state index in [1.165, 1.54) is 0 Å². The van der Waals surface area contributed by atoms with Crippen LogP contribution in [0.3, 0.4) is 0 Å². The van der Waals surface area contributed by atoms with Gasteiger partial charge in [0.1, 0.15) is 12.4 Å². The Balaban J connectivity index is 1.46. The lowest BCUT2D eigenvalue weighted by atomic mass is 10.1. The molecule has 0 saturated heterocycles. The molecule has 0 aliphatic carbocycles. The fraction of sp³-hybridized carbons (Fsp3) is 0.304. The number of carbonyl (C=O) groups excluding carboxylic acids is 1. The van der Waals surface area contributed by atoms with Gasteiger partial charge in [-0.3, -0.25) is 9.48 Å². The molecular weight excluding hydrogens is 350 g/mol. The predicted molar refractivity (Wildman–Crippen MR) is 111 cm³/mol. The molecule has 1 heterocycles. The molecule has 0 bridgehead atoms. The van der Waals surface area contributed by atoms with Crippen LogP contribution in [0.25, 0.3) is 0 Å². The summed E-state index contributed by atoms with van der Waals surface area (Å²) in [5, 5.41) is 7.20. The van der Waals surface area contributed by atoms with Gasteiger partial charge in [0.2, 0.25) is 0 Å². The molecule has 3 aromatic rings. The first kappa shape index (κ1) is 19.7. The summed E-state index contributed by atoms with van der Waals surface area (Å²) in [7, 11) is 0. The second-order valence-electron chi connectivity index (χ2n) is 7.01. The highest BCUT2D eigenvalue weighted by atomic mass is 16.5. The van der Waals surface area contributed by atoms with E-state index in [0.717, 1.165) is 41.1 Å². The summed E-state index contributed by atoms with van der Waals surface area (Å²) in [5.41, 5.74) is 5.08. The number of para-hydroxylation sites is 1. The number of rotatable bonds is 8. The standard InChI is InChI=1S/C23H27N3O2/c1-17-6-4-7-18(2)22(17)28-16-20-8-10-21(11-9-20)23(27)24-13-5-15-26-19(3)12-14-25-26/h4,6-12,14H,5,13,15-16H2,1-3H3,(H,24,27). The van der Waals surface area contributed by atoms with Crippen LogP contribution in [0.2, 0.25) is 0 Å². The van der Waals surface area contributed by atoms with Gasteiger partial charge in [0, 0.05) is 30.5 Å². The maximum atomic E-state index is 12.3. The van der Waals surface area contributed by atoms with Crippen molar-refractivity contribution in [2.75, 3.05) is 6.54 Å². The third-order valence-electron chi connectivity index (χ3n) is 4.77. The zero-order chi connectivity index (χ0) is 19.9. The fourth-order valence-corrected chi connectivity index (χ4v) is 3.10. The fourth-order valence-electron chi connectivity index (χ4n) is 3.10. The first-order valence-electron chi connectivity index (χ1n) is 9.59. The highest BCUT2D eigenvalue weighted by molar-refractivity contribution is 5.94. The van der Waals surface area contributed by atoms with Crippen molar-refractivity contribution in [1.29, 1.82) is 0 Å². The minimum Gasteiger partial charge on any atom is -0.488 e. The Bertz CT molecular complexity index is 909. The van der Waals surface area contributed by atoms with E-state index in [2.05, 4.69) is 10.4 Å². The first-order valence-corrected chi connectivity index (χ1v) is 9.59. The number of nitrogens with zero attached hydrogens (tertiary/aromatic N) is 2. The lowest BCUT2D eigenvalue weighted by Crippen LogP contribution is -2.25. The zero-order valence-corrected chi connectivity index (χ0v) is 16.7. The van der Waals surface area contributed by atoms with Gasteiger partial charge in [-0.2, -0.15) is 5.10 Å². The largest absolute Gasteiger partial charge is 0.488 e. The topological polar surface area (TPSA) is 56.1 Å². The average Bonchev–Trinajstić information content (AvgIpc) is 3.10. The minimum atomic E-state index is -0.0561. The Morgan fingerprint density at radius 1 is 1.04 bits per heavy atom. The van der Waals surface area contributed by atoms with Gasteiger partial charge in [-0.15, -0.1) is 0 Å². The Labute approximate surface area is 166 Å². The van der Waals surface area contributed by atoms with Gasteiger partial charge in [0.05, 0.1) is 0 Å². The van der Waals surface area contributed by atoms with Crippen LogP contribution in [0.1, 0.15) is 39.2 Å². The number of aromatic nitrogens is 2. The van der Waals surface area contributed by atoms with E-state index in [-0.39, 0.29) is 5.91 Å². The van der Waals surface area contributed by atoms with Crippen LogP contribution in [-0.4, -0.2) is 22.2 Å². The van der Waals surface area contributed by atoms with Crippen molar-refractivity contribution in [3.63, 3.8) is 0 Å². The van der Waals surface area contributed by atoms with E-state index >= 15 is 0 Å². The molecule has 0 fully saturated rings. The molecule has 146 valence electrons. The highest BCUT2D eigenvalue weighted by Crippen LogP contribution is 2.23. The number of nitrogens with one attached hydrogen (secondary N) is 1. The van der Waals surface area contributed by atoms with E-state index in [1.807, 2.05) is 74.0 Å². The monoisotopic (exact) mass is 377 g/mol. The third kappa shape index (κ3) is 5.00.